The van der Waals surface area contributed by atoms with Crippen molar-refractivity contribution in [1.29, 1.82) is 0 Å². The van der Waals surface area contributed by atoms with Crippen LogP contribution in [0.1, 0.15) is 37.8 Å². The molecule has 0 radical (unpaired) electrons. The second-order valence-electron chi connectivity index (χ2n) is 4.57. The van der Waals surface area contributed by atoms with Crippen molar-refractivity contribution < 1.29 is 18.7 Å². The molecule has 1 N–H and O–H groups in total. The highest BCUT2D eigenvalue weighted by molar-refractivity contribution is 5.76. The van der Waals surface area contributed by atoms with Crippen molar-refractivity contribution in [1.82, 2.24) is 0 Å². The molecule has 0 bridgehead atoms. The molecular weight excluding hydrogens is 226 g/mol. The van der Waals surface area contributed by atoms with E-state index in [1.54, 1.807) is 13.8 Å². The quantitative estimate of drug-likeness (QED) is 0.875. The molecule has 94 valence electrons. The Bertz CT molecular complexity index is 391. The van der Waals surface area contributed by atoms with Crippen LogP contribution in [-0.2, 0) is 10.7 Å². The van der Waals surface area contributed by atoms with Crippen LogP contribution in [0.15, 0.2) is 24.3 Å². The van der Waals surface area contributed by atoms with Gasteiger partial charge in [0.2, 0.25) is 0 Å². The van der Waals surface area contributed by atoms with Crippen molar-refractivity contribution >= 4 is 5.97 Å². The number of alkyl halides is 2. The smallest absolute Gasteiger partial charge is 0.311 e. The van der Waals surface area contributed by atoms with Crippen LogP contribution in [-0.4, -0.2) is 11.1 Å². The predicted octanol–water partition coefficient (Wildman–Crippen LogP) is 3.62. The zero-order chi connectivity index (χ0) is 13.2. The van der Waals surface area contributed by atoms with Gasteiger partial charge in [-0.15, -0.1) is 0 Å². The monoisotopic (exact) mass is 242 g/mol. The molecule has 1 unspecified atom stereocenters. The number of aliphatic carboxylic acids is 1. The van der Waals surface area contributed by atoms with E-state index in [4.69, 9.17) is 5.11 Å². The van der Waals surface area contributed by atoms with Crippen molar-refractivity contribution in [3.63, 3.8) is 0 Å². The minimum absolute atomic E-state index is 0.0829. The van der Waals surface area contributed by atoms with E-state index >= 15 is 0 Å². The summed E-state index contributed by atoms with van der Waals surface area (Å²) in [6, 6.07) is 5.50. The first-order valence-corrected chi connectivity index (χ1v) is 5.44. The molecule has 1 aromatic carbocycles. The highest BCUT2D eigenvalue weighted by atomic mass is 19.3. The minimum Gasteiger partial charge on any atom is -0.481 e. The van der Waals surface area contributed by atoms with Crippen LogP contribution in [0.2, 0.25) is 0 Å². The average Bonchev–Trinajstić information content (AvgIpc) is 2.15. The molecule has 4 heteroatoms. The van der Waals surface area contributed by atoms with Crippen LogP contribution in [0, 0.1) is 5.92 Å². The van der Waals surface area contributed by atoms with Crippen LogP contribution < -0.4 is 0 Å². The van der Waals surface area contributed by atoms with E-state index in [-0.39, 0.29) is 11.5 Å². The van der Waals surface area contributed by atoms with Gasteiger partial charge in [0.05, 0.1) is 5.92 Å². The third-order valence-corrected chi connectivity index (χ3v) is 2.71. The lowest BCUT2D eigenvalue weighted by molar-refractivity contribution is -0.139. The molecule has 0 aliphatic carbocycles. The van der Waals surface area contributed by atoms with Gasteiger partial charge in [0, 0.05) is 12.5 Å². The van der Waals surface area contributed by atoms with Crippen LogP contribution in [0.4, 0.5) is 8.78 Å². The molecule has 0 aliphatic heterocycles. The number of carbonyl (C=O) groups is 1. The van der Waals surface area contributed by atoms with E-state index in [0.29, 0.717) is 5.56 Å². The number of halogens is 2. The van der Waals surface area contributed by atoms with Gasteiger partial charge >= 0.3 is 5.97 Å². The number of carboxylic acids is 1. The third kappa shape index (κ3) is 3.25. The largest absolute Gasteiger partial charge is 0.481 e. The fraction of sp³-hybridized carbons (Fsp3) is 0.462. The van der Waals surface area contributed by atoms with Gasteiger partial charge in [-0.1, -0.05) is 38.1 Å². The molecule has 0 saturated heterocycles. The number of hydrogen-bond acceptors (Lipinski definition) is 1. The summed E-state index contributed by atoms with van der Waals surface area (Å²) in [6.45, 7) is 4.40. The molecule has 17 heavy (non-hydrogen) atoms. The standard InChI is InChI=1S/C13H16F2O2/c1-8(2)11(12(16)17)9-4-6-10(7-5-9)13(3,14)15/h4-8,11H,1-3H3,(H,16,17). The summed E-state index contributed by atoms with van der Waals surface area (Å²) in [4.78, 5) is 11.1. The molecule has 0 fully saturated rings. The van der Waals surface area contributed by atoms with E-state index in [2.05, 4.69) is 0 Å². The summed E-state index contributed by atoms with van der Waals surface area (Å²) in [7, 11) is 0. The molecule has 0 aliphatic rings. The average molecular weight is 242 g/mol. The molecule has 1 rings (SSSR count). The second kappa shape index (κ2) is 4.82. The van der Waals surface area contributed by atoms with Crippen LogP contribution in [0.25, 0.3) is 0 Å². The normalized spacial score (nSPS) is 13.8. The van der Waals surface area contributed by atoms with Gasteiger partial charge in [0.1, 0.15) is 0 Å². The van der Waals surface area contributed by atoms with E-state index < -0.39 is 17.8 Å². The lowest BCUT2D eigenvalue weighted by Gasteiger charge is -2.18. The molecule has 0 heterocycles. The molecule has 2 nitrogen and oxygen atoms in total. The third-order valence-electron chi connectivity index (χ3n) is 2.71. The Morgan fingerprint density at radius 2 is 1.71 bits per heavy atom. The molecule has 0 saturated carbocycles. The maximum Gasteiger partial charge on any atom is 0.311 e. The molecule has 0 aromatic heterocycles. The fourth-order valence-electron chi connectivity index (χ4n) is 1.80. The Morgan fingerprint density at radius 3 is 2.00 bits per heavy atom. The van der Waals surface area contributed by atoms with Crippen LogP contribution in [0.5, 0.6) is 0 Å². The Balaban J connectivity index is 3.05. The lowest BCUT2D eigenvalue weighted by atomic mass is 9.88. The minimum atomic E-state index is -2.89. The van der Waals surface area contributed by atoms with E-state index in [9.17, 15) is 13.6 Å². The number of carboxylic acid groups (broad SMARTS) is 1. The van der Waals surface area contributed by atoms with Crippen molar-refractivity contribution in [3.05, 3.63) is 35.4 Å². The second-order valence-corrected chi connectivity index (χ2v) is 4.57. The SMILES string of the molecule is CC(C)C(C(=O)O)c1ccc(C(C)(F)F)cc1. The first kappa shape index (κ1) is 13.6. The highest BCUT2D eigenvalue weighted by Crippen LogP contribution is 2.30. The lowest BCUT2D eigenvalue weighted by Crippen LogP contribution is -2.17. The van der Waals surface area contributed by atoms with Crippen LogP contribution >= 0.6 is 0 Å². The van der Waals surface area contributed by atoms with Crippen molar-refractivity contribution in [2.45, 2.75) is 32.6 Å². The summed E-state index contributed by atoms with van der Waals surface area (Å²) >= 11 is 0. The van der Waals surface area contributed by atoms with Crippen molar-refractivity contribution in [2.75, 3.05) is 0 Å². The van der Waals surface area contributed by atoms with Gasteiger partial charge in [-0.3, -0.25) is 4.79 Å². The number of hydrogen-bond donors (Lipinski definition) is 1. The summed E-state index contributed by atoms with van der Waals surface area (Å²) in [5, 5.41) is 9.08. The number of rotatable bonds is 4. The summed E-state index contributed by atoms with van der Waals surface area (Å²) in [5.41, 5.74) is 0.453. The van der Waals surface area contributed by atoms with E-state index in [1.807, 2.05) is 0 Å². The van der Waals surface area contributed by atoms with Gasteiger partial charge in [0.25, 0.3) is 5.92 Å². The zero-order valence-corrected chi connectivity index (χ0v) is 10.1. The first-order chi connectivity index (χ1) is 7.73. The van der Waals surface area contributed by atoms with E-state index in [0.717, 1.165) is 6.92 Å². The Hall–Kier alpha value is -1.45. The predicted molar refractivity (Wildman–Crippen MR) is 61.2 cm³/mol. The summed E-state index contributed by atoms with van der Waals surface area (Å²) in [5.74, 6) is -4.57. The summed E-state index contributed by atoms with van der Waals surface area (Å²) < 4.78 is 26.0. The molecule has 1 aromatic rings. The fourth-order valence-corrected chi connectivity index (χ4v) is 1.80. The maximum absolute atomic E-state index is 13.0. The molecule has 1 atom stereocenters. The van der Waals surface area contributed by atoms with Gasteiger partial charge in [-0.05, 0) is 11.5 Å². The first-order valence-electron chi connectivity index (χ1n) is 5.44. The topological polar surface area (TPSA) is 37.3 Å². The van der Waals surface area contributed by atoms with Crippen molar-refractivity contribution in [3.8, 4) is 0 Å². The van der Waals surface area contributed by atoms with Crippen molar-refractivity contribution in [2.24, 2.45) is 5.92 Å². The Kier molecular flexibility index (Phi) is 3.86. The van der Waals surface area contributed by atoms with Gasteiger partial charge in [-0.25, -0.2) is 8.78 Å². The van der Waals surface area contributed by atoms with Gasteiger partial charge < -0.3 is 5.11 Å². The maximum atomic E-state index is 13.0. The zero-order valence-electron chi connectivity index (χ0n) is 10.1. The molecule has 0 amide bonds. The van der Waals surface area contributed by atoms with Gasteiger partial charge in [0.15, 0.2) is 0 Å². The highest BCUT2D eigenvalue weighted by Gasteiger charge is 2.26. The molecular formula is C13H16F2O2. The van der Waals surface area contributed by atoms with Gasteiger partial charge in [-0.2, -0.15) is 0 Å². The summed E-state index contributed by atoms with van der Waals surface area (Å²) in [6.07, 6.45) is 0. The number of benzene rings is 1. The van der Waals surface area contributed by atoms with Crippen LogP contribution in [0.3, 0.4) is 0 Å². The Morgan fingerprint density at radius 1 is 1.24 bits per heavy atom. The van der Waals surface area contributed by atoms with E-state index in [1.165, 1.54) is 24.3 Å². The Labute approximate surface area is 99.3 Å². The molecule has 0 spiro atoms.